The summed E-state index contributed by atoms with van der Waals surface area (Å²) in [7, 11) is 0. The maximum absolute atomic E-state index is 11.0. The lowest BCUT2D eigenvalue weighted by atomic mass is 10.3. The first kappa shape index (κ1) is 14.8. The lowest BCUT2D eigenvalue weighted by Gasteiger charge is -2.08. The van der Waals surface area contributed by atoms with Crippen molar-refractivity contribution in [2.45, 2.75) is 12.5 Å². The molecule has 15 heavy (non-hydrogen) atoms. The van der Waals surface area contributed by atoms with Gasteiger partial charge in [0, 0.05) is 11.5 Å². The largest absolute Gasteiger partial charge is 0.463 e. The minimum atomic E-state index is -1.43. The van der Waals surface area contributed by atoms with E-state index in [0.29, 0.717) is 11.5 Å². The number of thiol groups is 1. The zero-order valence-corrected chi connectivity index (χ0v) is 9.80. The molecule has 0 aliphatic rings. The zero-order chi connectivity index (χ0) is 11.7. The molecule has 1 atom stereocenters. The van der Waals surface area contributed by atoms with Crippen molar-refractivity contribution in [1.29, 1.82) is 0 Å². The highest BCUT2D eigenvalue weighted by molar-refractivity contribution is 7.99. The van der Waals surface area contributed by atoms with Gasteiger partial charge in [0.25, 0.3) is 0 Å². The Labute approximate surface area is 97.6 Å². The van der Waals surface area contributed by atoms with Crippen LogP contribution < -0.4 is 0 Å². The first-order valence-corrected chi connectivity index (χ1v) is 5.93. The molecular weight excluding hydrogens is 240 g/mol. The molecule has 0 bridgehead atoms. The monoisotopic (exact) mass is 254 g/mol. The first-order chi connectivity index (χ1) is 7.07. The van der Waals surface area contributed by atoms with Gasteiger partial charge in [-0.3, -0.25) is 4.79 Å². The number of hydrogen-bond acceptors (Lipinski definition) is 6. The van der Waals surface area contributed by atoms with Crippen LogP contribution in [0.3, 0.4) is 0 Å². The molecule has 5 nitrogen and oxygen atoms in total. The highest BCUT2D eigenvalue weighted by Gasteiger charge is 2.18. The Bertz CT molecular complexity index is 209. The van der Waals surface area contributed by atoms with E-state index in [1.54, 1.807) is 0 Å². The Balaban J connectivity index is 3.51. The Hall–Kier alpha value is -0.240. The molecule has 0 radical (unpaired) electrons. The molecule has 0 heterocycles. The third-order valence-corrected chi connectivity index (χ3v) is 2.46. The summed E-state index contributed by atoms with van der Waals surface area (Å²) in [5, 5.41) is 17.0. The number of thioether (sulfide) groups is 1. The minimum Gasteiger partial charge on any atom is -0.463 e. The van der Waals surface area contributed by atoms with Crippen molar-refractivity contribution >= 4 is 35.5 Å². The van der Waals surface area contributed by atoms with Gasteiger partial charge in [-0.15, -0.1) is 12.6 Å². The van der Waals surface area contributed by atoms with Gasteiger partial charge < -0.3 is 14.9 Å². The Morgan fingerprint density at radius 1 is 1.40 bits per heavy atom. The number of carbonyl (C=O) groups excluding carboxylic acids is 2. The molecule has 7 heteroatoms. The summed E-state index contributed by atoms with van der Waals surface area (Å²) in [6, 6.07) is 0. The van der Waals surface area contributed by atoms with Crippen LogP contribution in [0.15, 0.2) is 0 Å². The number of aliphatic hydroxyl groups is 2. The molecule has 0 aromatic rings. The van der Waals surface area contributed by atoms with Crippen molar-refractivity contribution in [3.63, 3.8) is 0 Å². The minimum absolute atomic E-state index is 0.0788. The molecule has 88 valence electrons. The van der Waals surface area contributed by atoms with Gasteiger partial charge in [0.2, 0.25) is 0 Å². The van der Waals surface area contributed by atoms with Gasteiger partial charge in [-0.1, -0.05) is 0 Å². The maximum atomic E-state index is 11.0. The predicted molar refractivity (Wildman–Crippen MR) is 60.0 cm³/mol. The first-order valence-electron chi connectivity index (χ1n) is 4.33. The van der Waals surface area contributed by atoms with E-state index >= 15 is 0 Å². The molecule has 0 rings (SSSR count). The normalized spacial score (nSPS) is 12.2. The third kappa shape index (κ3) is 8.73. The number of esters is 1. The van der Waals surface area contributed by atoms with Crippen LogP contribution in [-0.4, -0.2) is 52.1 Å². The zero-order valence-electron chi connectivity index (χ0n) is 8.09. The van der Waals surface area contributed by atoms with Gasteiger partial charge in [0.1, 0.15) is 6.61 Å². The number of hydrogen-bond donors (Lipinski definition) is 3. The van der Waals surface area contributed by atoms with Crippen molar-refractivity contribution < 1.29 is 24.5 Å². The molecule has 2 N–H and O–H groups in total. The molecule has 0 saturated carbocycles. The fraction of sp³-hybridized carbons (Fsp3) is 0.750. The highest BCUT2D eigenvalue weighted by atomic mass is 32.2. The molecular formula is C8H14O5S2. The summed E-state index contributed by atoms with van der Waals surface area (Å²) >= 11 is 4.86. The SMILES string of the molecule is O=C(S)CC(O)C(=O)OCCSCCO. The number of carbonyl (C=O) groups is 2. The van der Waals surface area contributed by atoms with Gasteiger partial charge in [-0.05, 0) is 0 Å². The van der Waals surface area contributed by atoms with Crippen molar-refractivity contribution in [3.05, 3.63) is 0 Å². The third-order valence-electron chi connectivity index (χ3n) is 1.35. The molecule has 0 aliphatic carbocycles. The lowest BCUT2D eigenvalue weighted by Crippen LogP contribution is -2.25. The average Bonchev–Trinajstić information content (AvgIpc) is 2.16. The predicted octanol–water partition coefficient (Wildman–Crippen LogP) is -0.538. The molecule has 0 fully saturated rings. The highest BCUT2D eigenvalue weighted by Crippen LogP contribution is 2.01. The Morgan fingerprint density at radius 2 is 2.07 bits per heavy atom. The van der Waals surface area contributed by atoms with Gasteiger partial charge in [0.15, 0.2) is 11.2 Å². The van der Waals surface area contributed by atoms with Gasteiger partial charge >= 0.3 is 5.97 Å². The Morgan fingerprint density at radius 3 is 2.60 bits per heavy atom. The lowest BCUT2D eigenvalue weighted by molar-refractivity contribution is -0.154. The van der Waals surface area contributed by atoms with Crippen LogP contribution >= 0.6 is 24.4 Å². The second-order valence-corrected chi connectivity index (χ2v) is 4.34. The van der Waals surface area contributed by atoms with Gasteiger partial charge in [0.05, 0.1) is 13.0 Å². The van der Waals surface area contributed by atoms with Crippen LogP contribution in [-0.2, 0) is 14.3 Å². The van der Waals surface area contributed by atoms with Crippen LogP contribution in [0, 0.1) is 0 Å². The summed E-state index contributed by atoms with van der Waals surface area (Å²) in [6.07, 6.45) is -1.77. The van der Waals surface area contributed by atoms with Crippen LogP contribution in [0.1, 0.15) is 6.42 Å². The van der Waals surface area contributed by atoms with Gasteiger partial charge in [-0.25, -0.2) is 4.79 Å². The second kappa shape index (κ2) is 9.02. The number of aliphatic hydroxyl groups excluding tert-OH is 2. The van der Waals surface area contributed by atoms with Crippen molar-refractivity contribution in [1.82, 2.24) is 0 Å². The molecule has 0 aromatic carbocycles. The quantitative estimate of drug-likeness (QED) is 0.307. The summed E-state index contributed by atoms with van der Waals surface area (Å²) in [4.78, 5) is 21.4. The van der Waals surface area contributed by atoms with E-state index in [-0.39, 0.29) is 19.6 Å². The maximum Gasteiger partial charge on any atom is 0.335 e. The fourth-order valence-corrected chi connectivity index (χ4v) is 1.42. The fourth-order valence-electron chi connectivity index (χ4n) is 0.713. The van der Waals surface area contributed by atoms with E-state index in [4.69, 9.17) is 10.2 Å². The smallest absolute Gasteiger partial charge is 0.335 e. The van der Waals surface area contributed by atoms with Gasteiger partial charge in [-0.2, -0.15) is 11.8 Å². The van der Waals surface area contributed by atoms with Crippen molar-refractivity contribution in [2.75, 3.05) is 24.7 Å². The van der Waals surface area contributed by atoms with Crippen molar-refractivity contribution in [2.24, 2.45) is 0 Å². The standard InChI is InChI=1S/C8H14O5S2/c9-1-3-15-4-2-13-8(12)6(10)5-7(11)14/h6,9-10H,1-5H2,(H,11,14). The van der Waals surface area contributed by atoms with E-state index in [2.05, 4.69) is 17.4 Å². The molecule has 0 saturated heterocycles. The number of ether oxygens (including phenoxy) is 1. The second-order valence-electron chi connectivity index (χ2n) is 2.62. The van der Waals surface area contributed by atoms with E-state index in [9.17, 15) is 9.59 Å². The molecule has 0 aromatic heterocycles. The summed E-state index contributed by atoms with van der Waals surface area (Å²) in [5.41, 5.74) is 0. The van der Waals surface area contributed by atoms with E-state index in [1.165, 1.54) is 11.8 Å². The molecule has 0 spiro atoms. The summed E-state index contributed by atoms with van der Waals surface area (Å²) in [5.74, 6) is 0.310. The van der Waals surface area contributed by atoms with E-state index in [1.807, 2.05) is 0 Å². The molecule has 0 aliphatic heterocycles. The van der Waals surface area contributed by atoms with Crippen LogP contribution in [0.4, 0.5) is 0 Å². The summed E-state index contributed by atoms with van der Waals surface area (Å²) < 4.78 is 4.67. The molecule has 1 unspecified atom stereocenters. The number of rotatable bonds is 8. The van der Waals surface area contributed by atoms with Crippen LogP contribution in [0.5, 0.6) is 0 Å². The average molecular weight is 254 g/mol. The summed E-state index contributed by atoms with van der Waals surface area (Å²) in [6.45, 7) is 0.233. The molecule has 0 amide bonds. The van der Waals surface area contributed by atoms with E-state index < -0.39 is 17.2 Å². The van der Waals surface area contributed by atoms with Crippen LogP contribution in [0.25, 0.3) is 0 Å². The Kier molecular flexibility index (Phi) is 8.88. The van der Waals surface area contributed by atoms with Crippen molar-refractivity contribution in [3.8, 4) is 0 Å². The van der Waals surface area contributed by atoms with E-state index in [0.717, 1.165) is 0 Å². The topological polar surface area (TPSA) is 83.8 Å². The van der Waals surface area contributed by atoms with Crippen LogP contribution in [0.2, 0.25) is 0 Å².